The van der Waals surface area contributed by atoms with Gasteiger partial charge in [-0.25, -0.2) is 4.68 Å². The van der Waals surface area contributed by atoms with Crippen LogP contribution in [0, 0.1) is 5.92 Å². The zero-order valence-electron chi connectivity index (χ0n) is 11.2. The van der Waals surface area contributed by atoms with Crippen LogP contribution in [0.4, 0.5) is 0 Å². The maximum atomic E-state index is 11.7. The molecule has 0 bridgehead atoms. The summed E-state index contributed by atoms with van der Waals surface area (Å²) in [5.41, 5.74) is 1.12. The number of hydrogen-bond acceptors (Lipinski definition) is 4. The van der Waals surface area contributed by atoms with Crippen molar-refractivity contribution in [3.05, 3.63) is 18.0 Å². The van der Waals surface area contributed by atoms with E-state index in [1.165, 1.54) is 6.42 Å². The fraction of sp³-hybridized carbons (Fsp3) is 0.714. The Morgan fingerprint density at radius 2 is 2.47 bits per heavy atom. The normalized spacial score (nSPS) is 30.1. The first-order chi connectivity index (χ1) is 9.31. The number of ether oxygens (including phenoxy) is 2. The topological polar surface area (TPSA) is 53.3 Å². The maximum Gasteiger partial charge on any atom is 0.309 e. The predicted molar refractivity (Wildman–Crippen MR) is 68.5 cm³/mol. The Bertz CT molecular complexity index is 451. The average Bonchev–Trinajstić information content (AvgIpc) is 3.09. The van der Waals surface area contributed by atoms with Crippen molar-refractivity contribution in [3.63, 3.8) is 0 Å². The molecular weight excluding hydrogens is 244 g/mol. The fourth-order valence-corrected chi connectivity index (χ4v) is 2.81. The molecule has 2 aliphatic rings. The molecular formula is C14H20N2O3. The van der Waals surface area contributed by atoms with Gasteiger partial charge in [-0.3, -0.25) is 4.79 Å². The van der Waals surface area contributed by atoms with Crippen LogP contribution in [-0.4, -0.2) is 29.0 Å². The molecule has 1 aliphatic heterocycles. The Labute approximate surface area is 112 Å². The van der Waals surface area contributed by atoms with E-state index in [2.05, 4.69) is 5.10 Å². The molecule has 1 unspecified atom stereocenters. The number of rotatable bonds is 4. The molecule has 19 heavy (non-hydrogen) atoms. The number of esters is 1. The van der Waals surface area contributed by atoms with Gasteiger partial charge in [0, 0.05) is 24.4 Å². The lowest BCUT2D eigenvalue weighted by molar-refractivity contribution is -0.144. The zero-order chi connectivity index (χ0) is 13.2. The first-order valence-electron chi connectivity index (χ1n) is 7.13. The van der Waals surface area contributed by atoms with Crippen LogP contribution in [-0.2, 0) is 14.3 Å². The second-order valence-corrected chi connectivity index (χ2v) is 5.22. The van der Waals surface area contributed by atoms with E-state index in [1.807, 2.05) is 17.7 Å². The Morgan fingerprint density at radius 3 is 3.21 bits per heavy atom. The average molecular weight is 264 g/mol. The lowest BCUT2D eigenvalue weighted by atomic mass is 10.1. The molecule has 1 saturated heterocycles. The van der Waals surface area contributed by atoms with Gasteiger partial charge in [0.1, 0.15) is 6.23 Å². The summed E-state index contributed by atoms with van der Waals surface area (Å²) in [5.74, 6) is 0.191. The third-order valence-electron chi connectivity index (χ3n) is 3.89. The highest BCUT2D eigenvalue weighted by molar-refractivity contribution is 5.77. The molecule has 5 nitrogen and oxygen atoms in total. The van der Waals surface area contributed by atoms with Gasteiger partial charge in [0.25, 0.3) is 0 Å². The van der Waals surface area contributed by atoms with Crippen LogP contribution in [0.3, 0.4) is 0 Å². The Hall–Kier alpha value is -1.36. The number of aromatic nitrogens is 2. The van der Waals surface area contributed by atoms with Gasteiger partial charge >= 0.3 is 5.97 Å². The first-order valence-corrected chi connectivity index (χ1v) is 7.13. The highest BCUT2D eigenvalue weighted by Gasteiger charge is 2.47. The number of carbonyl (C=O) groups is 1. The highest BCUT2D eigenvalue weighted by atomic mass is 16.5. The minimum Gasteiger partial charge on any atom is -0.466 e. The molecule has 104 valence electrons. The summed E-state index contributed by atoms with van der Waals surface area (Å²) in [6.07, 6.45) is 6.02. The fourth-order valence-electron chi connectivity index (χ4n) is 2.81. The molecule has 2 heterocycles. The lowest BCUT2D eigenvalue weighted by Gasteiger charge is -2.24. The largest absolute Gasteiger partial charge is 0.466 e. The van der Waals surface area contributed by atoms with Gasteiger partial charge in [-0.1, -0.05) is 0 Å². The van der Waals surface area contributed by atoms with Crippen molar-refractivity contribution in [3.8, 4) is 0 Å². The monoisotopic (exact) mass is 264 g/mol. The van der Waals surface area contributed by atoms with Gasteiger partial charge in [0.2, 0.25) is 0 Å². The predicted octanol–water partition coefficient (Wildman–Crippen LogP) is 2.25. The summed E-state index contributed by atoms with van der Waals surface area (Å²) in [7, 11) is 0. The minimum atomic E-state index is -0.0789. The van der Waals surface area contributed by atoms with Gasteiger partial charge < -0.3 is 9.47 Å². The Kier molecular flexibility index (Phi) is 3.55. The minimum absolute atomic E-state index is 0.0130. The molecule has 1 saturated carbocycles. The van der Waals surface area contributed by atoms with Crippen molar-refractivity contribution in [1.82, 2.24) is 9.78 Å². The second-order valence-electron chi connectivity index (χ2n) is 5.22. The quantitative estimate of drug-likeness (QED) is 0.783. The number of carbonyl (C=O) groups excluding carboxylic acids is 1. The van der Waals surface area contributed by atoms with Crippen molar-refractivity contribution in [1.29, 1.82) is 0 Å². The second kappa shape index (κ2) is 5.33. The van der Waals surface area contributed by atoms with Crippen molar-refractivity contribution in [2.75, 3.05) is 13.2 Å². The van der Waals surface area contributed by atoms with Crippen LogP contribution in [0.1, 0.15) is 50.4 Å². The van der Waals surface area contributed by atoms with Crippen LogP contribution >= 0.6 is 0 Å². The summed E-state index contributed by atoms with van der Waals surface area (Å²) in [6, 6.07) is 2.00. The first kappa shape index (κ1) is 12.7. The summed E-state index contributed by atoms with van der Waals surface area (Å²) in [5, 5.41) is 4.38. The molecule has 3 rings (SSSR count). The van der Waals surface area contributed by atoms with Crippen LogP contribution in [0.15, 0.2) is 12.3 Å². The molecule has 0 radical (unpaired) electrons. The Balaban J connectivity index is 1.69. The van der Waals surface area contributed by atoms with Gasteiger partial charge in [0.15, 0.2) is 0 Å². The van der Waals surface area contributed by atoms with Gasteiger partial charge in [-0.2, -0.15) is 5.10 Å². The van der Waals surface area contributed by atoms with E-state index < -0.39 is 0 Å². The number of nitrogens with zero attached hydrogens (tertiary/aromatic N) is 2. The van der Waals surface area contributed by atoms with E-state index in [9.17, 15) is 4.79 Å². The molecule has 3 atom stereocenters. The third kappa shape index (κ3) is 2.52. The van der Waals surface area contributed by atoms with Crippen molar-refractivity contribution >= 4 is 5.97 Å². The number of hydrogen-bond donors (Lipinski definition) is 0. The van der Waals surface area contributed by atoms with E-state index in [1.54, 1.807) is 6.20 Å². The molecule has 1 aromatic rings. The van der Waals surface area contributed by atoms with Crippen LogP contribution < -0.4 is 0 Å². The molecule has 0 aromatic carbocycles. The van der Waals surface area contributed by atoms with Crippen LogP contribution in [0.25, 0.3) is 0 Å². The van der Waals surface area contributed by atoms with E-state index in [4.69, 9.17) is 9.47 Å². The SMILES string of the molecule is CCOC(=O)[C@@H]1C[C@H]1c1ccnn1C1CCCCO1. The summed E-state index contributed by atoms with van der Waals surface area (Å²) in [4.78, 5) is 11.7. The summed E-state index contributed by atoms with van der Waals surface area (Å²) < 4.78 is 12.8. The third-order valence-corrected chi connectivity index (χ3v) is 3.89. The smallest absolute Gasteiger partial charge is 0.309 e. The Morgan fingerprint density at radius 1 is 1.58 bits per heavy atom. The summed E-state index contributed by atoms with van der Waals surface area (Å²) in [6.45, 7) is 3.10. The van der Waals surface area contributed by atoms with Crippen molar-refractivity contribution < 1.29 is 14.3 Å². The molecule has 5 heteroatoms. The standard InChI is InChI=1S/C14H20N2O3/c1-2-18-14(17)11-9-10(11)12-6-7-15-16(12)13-5-3-4-8-19-13/h6-7,10-11,13H,2-5,8-9H2,1H3/t10-,11-,13?/m1/s1. The van der Waals surface area contributed by atoms with Gasteiger partial charge in [0.05, 0.1) is 12.5 Å². The van der Waals surface area contributed by atoms with Gasteiger partial charge in [-0.05, 0) is 38.7 Å². The maximum absolute atomic E-state index is 11.7. The lowest BCUT2D eigenvalue weighted by Crippen LogP contribution is -2.21. The molecule has 0 amide bonds. The van der Waals surface area contributed by atoms with E-state index in [-0.39, 0.29) is 24.0 Å². The van der Waals surface area contributed by atoms with E-state index in [0.29, 0.717) is 6.61 Å². The van der Waals surface area contributed by atoms with Crippen LogP contribution in [0.5, 0.6) is 0 Å². The van der Waals surface area contributed by atoms with E-state index >= 15 is 0 Å². The van der Waals surface area contributed by atoms with Crippen molar-refractivity contribution in [2.24, 2.45) is 5.92 Å². The molecule has 0 spiro atoms. The van der Waals surface area contributed by atoms with E-state index in [0.717, 1.165) is 31.6 Å². The zero-order valence-corrected chi connectivity index (χ0v) is 11.2. The van der Waals surface area contributed by atoms with Crippen molar-refractivity contribution in [2.45, 2.75) is 44.8 Å². The molecule has 0 N–H and O–H groups in total. The highest BCUT2D eigenvalue weighted by Crippen LogP contribution is 2.48. The summed E-state index contributed by atoms with van der Waals surface area (Å²) >= 11 is 0. The molecule has 2 fully saturated rings. The van der Waals surface area contributed by atoms with Crippen LogP contribution in [0.2, 0.25) is 0 Å². The van der Waals surface area contributed by atoms with Gasteiger partial charge in [-0.15, -0.1) is 0 Å². The molecule has 1 aromatic heterocycles. The molecule has 1 aliphatic carbocycles.